The molecule has 0 saturated heterocycles. The number of carboxylic acid groups (broad SMARTS) is 1. The van der Waals surface area contributed by atoms with Crippen molar-refractivity contribution < 1.29 is 14.3 Å². The number of H-pyrrole nitrogens is 1. The van der Waals surface area contributed by atoms with Gasteiger partial charge in [0, 0.05) is 36.8 Å². The van der Waals surface area contributed by atoms with Gasteiger partial charge >= 0.3 is 5.97 Å². The molecule has 2 bridgehead atoms. The van der Waals surface area contributed by atoms with Crippen LogP contribution in [0.15, 0.2) is 65.9 Å². The Hall–Kier alpha value is -3.98. The number of aryl methyl sites for hydroxylation is 1. The van der Waals surface area contributed by atoms with E-state index in [0.717, 1.165) is 63.9 Å². The van der Waals surface area contributed by atoms with E-state index < -0.39 is 17.3 Å². The van der Waals surface area contributed by atoms with Crippen LogP contribution in [0.2, 0.25) is 0 Å². The number of nitrogens with zero attached hydrogens (tertiary/aromatic N) is 2. The lowest BCUT2D eigenvalue weighted by Crippen LogP contribution is -2.34. The molecule has 0 saturated carbocycles. The molecule has 0 fully saturated rings. The second-order valence-corrected chi connectivity index (χ2v) is 14.9. The van der Waals surface area contributed by atoms with Crippen LogP contribution < -0.4 is 5.32 Å². The van der Waals surface area contributed by atoms with Gasteiger partial charge in [-0.15, -0.1) is 0 Å². The summed E-state index contributed by atoms with van der Waals surface area (Å²) in [5, 5.41) is 23.2. The third-order valence-electron chi connectivity index (χ3n) is 9.51. The SMILES string of the molecule is CN/C1=N\C(=N)[C@@](C)(c2cccc(CC(C)C(=O)O)c2)CCCC(C)(C)CSCCc2c(c(F)cc3[nH]ccc23)Cc2ccnc1c2. The molecular weight excluding hydrogens is 610 g/mol. The van der Waals surface area contributed by atoms with Crippen molar-refractivity contribution in [1.29, 1.82) is 5.41 Å². The van der Waals surface area contributed by atoms with Gasteiger partial charge in [-0.3, -0.25) is 15.2 Å². The zero-order valence-corrected chi connectivity index (χ0v) is 28.9. The van der Waals surface area contributed by atoms with E-state index in [9.17, 15) is 15.3 Å². The van der Waals surface area contributed by atoms with Crippen LogP contribution in [0.3, 0.4) is 0 Å². The van der Waals surface area contributed by atoms with Gasteiger partial charge in [0.25, 0.3) is 0 Å². The molecule has 0 radical (unpaired) electrons. The largest absolute Gasteiger partial charge is 0.481 e. The summed E-state index contributed by atoms with van der Waals surface area (Å²) < 4.78 is 15.7. The van der Waals surface area contributed by atoms with E-state index in [4.69, 9.17) is 4.99 Å². The summed E-state index contributed by atoms with van der Waals surface area (Å²) in [6.07, 6.45) is 7.77. The molecule has 0 amide bonds. The summed E-state index contributed by atoms with van der Waals surface area (Å²) >= 11 is 1.91. The quantitative estimate of drug-likeness (QED) is 0.178. The fraction of sp³-hybridized carbons (Fsp3) is 0.421. The van der Waals surface area contributed by atoms with Gasteiger partial charge in [-0.1, -0.05) is 51.5 Å². The number of hydrogen-bond acceptors (Lipinski definition) is 5. The van der Waals surface area contributed by atoms with E-state index in [1.807, 2.05) is 60.4 Å². The van der Waals surface area contributed by atoms with Crippen LogP contribution in [0, 0.1) is 22.6 Å². The number of carbonyl (C=O) groups is 1. The van der Waals surface area contributed by atoms with Gasteiger partial charge in [-0.25, -0.2) is 9.38 Å². The minimum absolute atomic E-state index is 0.0624. The first-order valence-corrected chi connectivity index (χ1v) is 17.5. The van der Waals surface area contributed by atoms with Crippen molar-refractivity contribution in [2.75, 3.05) is 18.6 Å². The zero-order valence-electron chi connectivity index (χ0n) is 28.0. The van der Waals surface area contributed by atoms with Gasteiger partial charge in [-0.2, -0.15) is 11.8 Å². The van der Waals surface area contributed by atoms with Gasteiger partial charge in [-0.05, 0) is 102 Å². The Labute approximate surface area is 281 Å². The molecule has 1 unspecified atom stereocenters. The minimum atomic E-state index is -0.826. The molecule has 4 N–H and O–H groups in total. The van der Waals surface area contributed by atoms with Crippen molar-refractivity contribution in [2.24, 2.45) is 16.3 Å². The Morgan fingerprint density at radius 3 is 2.72 bits per heavy atom. The summed E-state index contributed by atoms with van der Waals surface area (Å²) in [6.45, 7) is 8.37. The zero-order chi connectivity index (χ0) is 33.8. The highest BCUT2D eigenvalue weighted by Gasteiger charge is 2.34. The summed E-state index contributed by atoms with van der Waals surface area (Å²) in [6, 6.07) is 15.5. The topological polar surface area (TPSA) is 114 Å². The molecule has 4 aromatic rings. The number of rotatable bonds is 4. The van der Waals surface area contributed by atoms with Crippen LogP contribution >= 0.6 is 11.8 Å². The number of carboxylic acids is 1. The minimum Gasteiger partial charge on any atom is -0.481 e. The van der Waals surface area contributed by atoms with Gasteiger partial charge in [0.2, 0.25) is 0 Å². The molecule has 248 valence electrons. The predicted molar refractivity (Wildman–Crippen MR) is 192 cm³/mol. The number of aliphatic imine (C=N–C) groups is 1. The van der Waals surface area contributed by atoms with Crippen LogP contribution in [-0.4, -0.2) is 51.3 Å². The van der Waals surface area contributed by atoms with Crippen LogP contribution in [0.5, 0.6) is 0 Å². The van der Waals surface area contributed by atoms with Gasteiger partial charge < -0.3 is 15.4 Å². The van der Waals surface area contributed by atoms with Gasteiger partial charge in [0.05, 0.1) is 11.3 Å². The number of halogens is 1. The molecule has 9 heteroatoms. The maximum atomic E-state index is 15.7. The molecule has 5 rings (SSSR count). The molecule has 7 nitrogen and oxygen atoms in total. The molecule has 0 spiro atoms. The second kappa shape index (κ2) is 14.4. The standard InChI is InChI=1S/C38H46FN5O2S/c1-24(35(45)46)18-25-8-6-9-27(19-25)38(4)14-7-13-37(2,3)23-47-17-12-28-29-11-16-42-32(29)22-31(39)30(28)20-26-10-15-43-33(21-26)34(41-5)44-36(38)40/h6,8-11,15-16,19,21-22,24,42H,7,12-14,17-18,20,23H2,1-5H3,(H,45,46)(H2,40,41,44)/t24?,38-/m1/s1. The van der Waals surface area contributed by atoms with Crippen molar-refractivity contribution in [3.05, 3.63) is 100 Å². The number of amidine groups is 2. The fourth-order valence-electron chi connectivity index (χ4n) is 6.55. The van der Waals surface area contributed by atoms with Crippen molar-refractivity contribution in [3.63, 3.8) is 0 Å². The number of pyridine rings is 1. The maximum Gasteiger partial charge on any atom is 0.306 e. The summed E-state index contributed by atoms with van der Waals surface area (Å²) in [4.78, 5) is 24.2. The lowest BCUT2D eigenvalue weighted by molar-refractivity contribution is -0.141. The van der Waals surface area contributed by atoms with E-state index in [0.29, 0.717) is 36.4 Å². The lowest BCUT2D eigenvalue weighted by atomic mass is 9.74. The lowest BCUT2D eigenvalue weighted by Gasteiger charge is -2.32. The summed E-state index contributed by atoms with van der Waals surface area (Å²) in [5.74, 6) is 0.988. The first-order chi connectivity index (χ1) is 22.4. The van der Waals surface area contributed by atoms with Crippen molar-refractivity contribution in [3.8, 4) is 0 Å². The van der Waals surface area contributed by atoms with Crippen LogP contribution in [-0.2, 0) is 29.5 Å². The Bertz CT molecular complexity index is 1800. The predicted octanol–water partition coefficient (Wildman–Crippen LogP) is 7.94. The van der Waals surface area contributed by atoms with Gasteiger partial charge in [0.15, 0.2) is 5.84 Å². The van der Waals surface area contributed by atoms with E-state index in [-0.39, 0.29) is 17.1 Å². The average Bonchev–Trinajstić information content (AvgIpc) is 3.50. The average molecular weight is 656 g/mol. The fourth-order valence-corrected chi connectivity index (χ4v) is 7.74. The number of aromatic nitrogens is 2. The highest BCUT2D eigenvalue weighted by Crippen LogP contribution is 2.37. The summed E-state index contributed by atoms with van der Waals surface area (Å²) in [7, 11) is 1.77. The van der Waals surface area contributed by atoms with Crippen molar-refractivity contribution in [2.45, 2.75) is 71.6 Å². The second-order valence-electron chi connectivity index (χ2n) is 13.8. The van der Waals surface area contributed by atoms with Gasteiger partial charge in [0.1, 0.15) is 17.3 Å². The Morgan fingerprint density at radius 1 is 1.15 bits per heavy atom. The molecule has 2 atom stereocenters. The van der Waals surface area contributed by atoms with Crippen molar-refractivity contribution >= 4 is 40.3 Å². The highest BCUT2D eigenvalue weighted by atomic mass is 32.2. The Morgan fingerprint density at radius 2 is 1.96 bits per heavy atom. The number of hydrogen-bond donors (Lipinski definition) is 4. The Kier molecular flexibility index (Phi) is 10.5. The normalized spacial score (nSPS) is 21.1. The molecule has 3 heterocycles. The number of nitrogens with one attached hydrogen (secondary N) is 3. The van der Waals surface area contributed by atoms with Crippen LogP contribution in [0.4, 0.5) is 4.39 Å². The van der Waals surface area contributed by atoms with E-state index in [1.54, 1.807) is 26.2 Å². The third kappa shape index (κ3) is 7.95. The highest BCUT2D eigenvalue weighted by molar-refractivity contribution is 7.99. The smallest absolute Gasteiger partial charge is 0.306 e. The summed E-state index contributed by atoms with van der Waals surface area (Å²) in [5.41, 5.74) is 5.29. The van der Waals surface area contributed by atoms with E-state index >= 15 is 4.39 Å². The molecule has 1 aliphatic rings. The molecule has 0 aliphatic carbocycles. The van der Waals surface area contributed by atoms with Crippen molar-refractivity contribution in [1.82, 2.24) is 15.3 Å². The van der Waals surface area contributed by atoms with Crippen LogP contribution in [0.1, 0.15) is 80.5 Å². The maximum absolute atomic E-state index is 15.7. The number of benzene rings is 2. The molecule has 47 heavy (non-hydrogen) atoms. The molecule has 1 aliphatic heterocycles. The Balaban J connectivity index is 1.57. The number of fused-ring (bicyclic) bond motifs is 5. The molecule has 2 aromatic heterocycles. The molecular formula is C38H46FN5O2S. The first kappa shape index (κ1) is 34.4. The monoisotopic (exact) mass is 655 g/mol. The van der Waals surface area contributed by atoms with E-state index in [1.165, 1.54) is 0 Å². The molecule has 2 aromatic carbocycles. The number of aliphatic carboxylic acids is 1. The third-order valence-corrected chi connectivity index (χ3v) is 11.0. The number of thioether (sulfide) groups is 1. The first-order valence-electron chi connectivity index (χ1n) is 16.4. The van der Waals surface area contributed by atoms with Crippen LogP contribution in [0.25, 0.3) is 10.9 Å². The van der Waals surface area contributed by atoms with E-state index in [2.05, 4.69) is 36.1 Å². The number of aromatic amines is 1.